The highest BCUT2D eigenvalue weighted by atomic mass is 15.2. The van der Waals surface area contributed by atoms with Crippen LogP contribution in [-0.4, -0.2) is 26.2 Å². The van der Waals surface area contributed by atoms with Gasteiger partial charge in [-0.1, -0.05) is 168 Å². The Hall–Kier alpha value is -7.04. The molecular formula is C74H78N4. The second-order valence-corrected chi connectivity index (χ2v) is 27.9. The van der Waals surface area contributed by atoms with Crippen molar-refractivity contribution < 1.29 is 0 Å². The van der Waals surface area contributed by atoms with Crippen LogP contribution in [0.5, 0.6) is 0 Å². The van der Waals surface area contributed by atoms with Gasteiger partial charge in [-0.3, -0.25) is 0 Å². The Morgan fingerprint density at radius 3 is 1.00 bits per heavy atom. The first-order chi connectivity index (χ1) is 37.1. The molecule has 0 aromatic heterocycles. The summed E-state index contributed by atoms with van der Waals surface area (Å²) in [4.78, 5) is 10.7. The number of nitrogens with zero attached hydrogens (tertiary/aromatic N) is 4. The van der Waals surface area contributed by atoms with E-state index in [1.54, 1.807) is 0 Å². The van der Waals surface area contributed by atoms with Crippen LogP contribution in [0, 0.1) is 0 Å². The predicted octanol–water partition coefficient (Wildman–Crippen LogP) is 19.2. The van der Waals surface area contributed by atoms with Crippen LogP contribution in [0.15, 0.2) is 158 Å². The van der Waals surface area contributed by atoms with Gasteiger partial charge in [0.05, 0.1) is 17.1 Å². The van der Waals surface area contributed by atoms with Crippen molar-refractivity contribution in [1.29, 1.82) is 0 Å². The molecule has 0 bridgehead atoms. The average Bonchev–Trinajstić information content (AvgIpc) is 3.36. The van der Waals surface area contributed by atoms with Crippen LogP contribution in [0.25, 0.3) is 33.4 Å². The lowest BCUT2D eigenvalue weighted by Gasteiger charge is -2.50. The molecule has 0 aliphatic carbocycles. The molecule has 394 valence electrons. The Kier molecular flexibility index (Phi) is 10.6. The van der Waals surface area contributed by atoms with Gasteiger partial charge in [0.15, 0.2) is 0 Å². The minimum absolute atomic E-state index is 0.0585. The molecule has 6 aliphatic rings. The topological polar surface area (TPSA) is 13.0 Å². The Morgan fingerprint density at radius 1 is 0.295 bits per heavy atom. The Balaban J connectivity index is 0.967. The third kappa shape index (κ3) is 7.29. The van der Waals surface area contributed by atoms with Crippen molar-refractivity contribution in [2.45, 2.75) is 141 Å². The number of benzene rings is 8. The maximum atomic E-state index is 2.71. The van der Waals surface area contributed by atoms with Crippen molar-refractivity contribution in [1.82, 2.24) is 0 Å². The lowest BCUT2D eigenvalue weighted by atomic mass is 9.65. The van der Waals surface area contributed by atoms with Crippen LogP contribution < -0.4 is 19.6 Å². The van der Waals surface area contributed by atoms with Gasteiger partial charge in [-0.25, -0.2) is 0 Å². The van der Waals surface area contributed by atoms with Gasteiger partial charge in [0.25, 0.3) is 0 Å². The summed E-state index contributed by atoms with van der Waals surface area (Å²) in [6, 6.07) is 61.4. The fraction of sp³-hybridized carbons (Fsp3) is 0.351. The molecule has 8 aromatic carbocycles. The molecule has 8 aromatic rings. The fourth-order valence-electron chi connectivity index (χ4n) is 15.1. The van der Waals surface area contributed by atoms with E-state index < -0.39 is 0 Å². The number of anilines is 8. The molecule has 6 aliphatic heterocycles. The minimum Gasteiger partial charge on any atom is -0.371 e. The van der Waals surface area contributed by atoms with Crippen molar-refractivity contribution in [3.05, 3.63) is 202 Å². The summed E-state index contributed by atoms with van der Waals surface area (Å²) in [5, 5.41) is 0. The summed E-state index contributed by atoms with van der Waals surface area (Å²) in [6.07, 6.45) is 4.64. The molecule has 78 heavy (non-hydrogen) atoms. The van der Waals surface area contributed by atoms with Crippen LogP contribution in [0.4, 0.5) is 45.5 Å². The fourth-order valence-corrected chi connectivity index (χ4v) is 15.1. The summed E-state index contributed by atoms with van der Waals surface area (Å²) in [6.45, 7) is 34.3. The van der Waals surface area contributed by atoms with Gasteiger partial charge in [-0.2, -0.15) is 0 Å². The van der Waals surface area contributed by atoms with Gasteiger partial charge >= 0.3 is 0 Å². The summed E-state index contributed by atoms with van der Waals surface area (Å²) in [5.74, 6) is 0. The van der Waals surface area contributed by atoms with Gasteiger partial charge < -0.3 is 19.6 Å². The Labute approximate surface area is 465 Å². The lowest BCUT2D eigenvalue weighted by molar-refractivity contribution is 0.401. The molecule has 0 fully saturated rings. The number of fused-ring (bicyclic) bond motifs is 4. The molecule has 0 radical (unpaired) electrons. The monoisotopic (exact) mass is 1020 g/mol. The van der Waals surface area contributed by atoms with E-state index >= 15 is 0 Å². The summed E-state index contributed by atoms with van der Waals surface area (Å²) >= 11 is 0. The zero-order valence-electron chi connectivity index (χ0n) is 48.5. The van der Waals surface area contributed by atoms with Crippen LogP contribution >= 0.6 is 0 Å². The zero-order chi connectivity index (χ0) is 54.1. The normalized spacial score (nSPS) is 19.7. The SMILES string of the molecule is CC1(C)CCN2CCC(C)(C)c3cc(N(c4ccc(-c5cc6c7c(c5)C(C)(C)c5cc(-c8ccccc8)ccc5N7c5ccc(-c7ccccc7)cc5C6(C)C)cc4)c4cc5c6c(c4)C(C)(C)CCN6CCC5(C)C)cc1c32. The van der Waals surface area contributed by atoms with E-state index in [1.165, 1.54) is 123 Å². The molecule has 0 unspecified atom stereocenters. The number of hydrogen-bond acceptors (Lipinski definition) is 4. The lowest BCUT2D eigenvalue weighted by Crippen LogP contribution is -2.45. The third-order valence-corrected chi connectivity index (χ3v) is 20.5. The predicted molar refractivity (Wildman–Crippen MR) is 331 cm³/mol. The molecule has 0 saturated heterocycles. The van der Waals surface area contributed by atoms with Gasteiger partial charge in [0.2, 0.25) is 0 Å². The molecule has 0 atom stereocenters. The van der Waals surface area contributed by atoms with Crippen LogP contribution in [0.3, 0.4) is 0 Å². The first-order valence-electron chi connectivity index (χ1n) is 29.3. The van der Waals surface area contributed by atoms with Crippen molar-refractivity contribution in [2.75, 3.05) is 45.8 Å². The van der Waals surface area contributed by atoms with Gasteiger partial charge in [0, 0.05) is 65.4 Å². The molecule has 14 rings (SSSR count). The maximum absolute atomic E-state index is 2.71. The molecule has 0 saturated carbocycles. The van der Waals surface area contributed by atoms with Crippen LogP contribution in [0.1, 0.15) is 153 Å². The van der Waals surface area contributed by atoms with E-state index in [-0.39, 0.29) is 32.5 Å². The second-order valence-electron chi connectivity index (χ2n) is 27.9. The van der Waals surface area contributed by atoms with Crippen molar-refractivity contribution in [2.24, 2.45) is 0 Å². The average molecular weight is 1020 g/mol. The van der Waals surface area contributed by atoms with Crippen molar-refractivity contribution >= 4 is 45.5 Å². The summed E-state index contributed by atoms with van der Waals surface area (Å²) in [5.41, 5.74) is 29.2. The van der Waals surface area contributed by atoms with E-state index in [9.17, 15) is 0 Å². The minimum atomic E-state index is -0.293. The highest BCUT2D eigenvalue weighted by molar-refractivity contribution is 5.96. The largest absolute Gasteiger partial charge is 0.371 e. The van der Waals surface area contributed by atoms with Gasteiger partial charge in [-0.15, -0.1) is 0 Å². The third-order valence-electron chi connectivity index (χ3n) is 20.5. The molecule has 4 nitrogen and oxygen atoms in total. The molecule has 0 spiro atoms. The standard InChI is InChI=1S/C74H78N4/c1-69(2)31-35-75-36-32-70(3,4)59-44-54(43-58(69)66(59)75)77(55-45-60-67-61(46-55)72(7,8)34-38-76(67)37-33-71(60,5)6)53-27-23-49(24-28-53)52-41-62-68-63(42-52)74(11,12)57-40-51(48-21-17-14-18-22-48)26-30-65(57)78(68)64-29-25-50(39-56(64)73(62,9)10)47-19-15-13-16-20-47/h13-30,39-46H,31-38H2,1-12H3. The molecule has 0 amide bonds. The molecule has 4 heteroatoms. The maximum Gasteiger partial charge on any atom is 0.0544 e. The van der Waals surface area contributed by atoms with E-state index in [1.807, 2.05) is 0 Å². The number of hydrogen-bond donors (Lipinski definition) is 0. The summed E-state index contributed by atoms with van der Waals surface area (Å²) < 4.78 is 0. The highest BCUT2D eigenvalue weighted by Crippen LogP contribution is 2.62. The molecule has 6 heterocycles. The Bertz CT molecular complexity index is 3460. The van der Waals surface area contributed by atoms with Gasteiger partial charge in [-0.05, 0) is 198 Å². The van der Waals surface area contributed by atoms with E-state index in [0.29, 0.717) is 0 Å². The van der Waals surface area contributed by atoms with Crippen molar-refractivity contribution in [3.8, 4) is 33.4 Å². The van der Waals surface area contributed by atoms with Crippen LogP contribution in [0.2, 0.25) is 0 Å². The highest BCUT2D eigenvalue weighted by Gasteiger charge is 2.47. The van der Waals surface area contributed by atoms with E-state index in [0.717, 1.165) is 51.9 Å². The van der Waals surface area contributed by atoms with Crippen molar-refractivity contribution in [3.63, 3.8) is 0 Å². The quantitative estimate of drug-likeness (QED) is 0.165. The van der Waals surface area contributed by atoms with E-state index in [2.05, 4.69) is 260 Å². The number of rotatable bonds is 6. The molecule has 0 N–H and O–H groups in total. The summed E-state index contributed by atoms with van der Waals surface area (Å²) in [7, 11) is 0. The Morgan fingerprint density at radius 2 is 0.628 bits per heavy atom. The first kappa shape index (κ1) is 49.3. The zero-order valence-corrected chi connectivity index (χ0v) is 48.5. The molecular weight excluding hydrogens is 945 g/mol. The second kappa shape index (κ2) is 16.7. The van der Waals surface area contributed by atoms with Gasteiger partial charge in [0.1, 0.15) is 0 Å². The smallest absolute Gasteiger partial charge is 0.0544 e. The first-order valence-corrected chi connectivity index (χ1v) is 29.3. The van der Waals surface area contributed by atoms with Crippen LogP contribution in [-0.2, 0) is 32.5 Å². The van der Waals surface area contributed by atoms with E-state index in [4.69, 9.17) is 0 Å².